The zero-order valence-electron chi connectivity index (χ0n) is 19.8. The average molecular weight is 467 g/mol. The summed E-state index contributed by atoms with van der Waals surface area (Å²) in [6.45, 7) is 8.31. The van der Waals surface area contributed by atoms with Crippen molar-refractivity contribution in [3.05, 3.63) is 59.4 Å². The summed E-state index contributed by atoms with van der Waals surface area (Å²) < 4.78 is 32.1. The van der Waals surface area contributed by atoms with E-state index in [0.717, 1.165) is 11.3 Å². The molecule has 8 nitrogen and oxygen atoms in total. The van der Waals surface area contributed by atoms with Gasteiger partial charge < -0.3 is 19.2 Å². The molecule has 34 heavy (non-hydrogen) atoms. The molecule has 3 aromatic heterocycles. The fraction of sp³-hybridized carbons (Fsp3) is 0.320. The standard InChI is InChI=1S/C25H27FN4O4/c1-14(2)30-24-20(13-27-30)19(12-21(28-24)18-10-15(3)34-16(18)4)25(31)29-22-11-17(26)6-7-23(22)33-9-8-32-5/h6-7,10-14H,8-9H2,1-5H3,(H,29,31). The van der Waals surface area contributed by atoms with E-state index in [9.17, 15) is 9.18 Å². The van der Waals surface area contributed by atoms with Gasteiger partial charge in [-0.3, -0.25) is 4.79 Å². The van der Waals surface area contributed by atoms with Crippen LogP contribution in [0.2, 0.25) is 0 Å². The summed E-state index contributed by atoms with van der Waals surface area (Å²) in [6, 6.07) is 7.59. The lowest BCUT2D eigenvalue weighted by Gasteiger charge is -2.14. The third-order valence-corrected chi connectivity index (χ3v) is 5.35. The van der Waals surface area contributed by atoms with Crippen molar-refractivity contribution in [2.45, 2.75) is 33.7 Å². The fourth-order valence-corrected chi connectivity index (χ4v) is 3.76. The highest BCUT2D eigenvalue weighted by molar-refractivity contribution is 6.13. The van der Waals surface area contributed by atoms with Gasteiger partial charge in [-0.25, -0.2) is 14.1 Å². The Hall–Kier alpha value is -3.72. The van der Waals surface area contributed by atoms with Gasteiger partial charge in [0.05, 0.1) is 35.1 Å². The highest BCUT2D eigenvalue weighted by Gasteiger charge is 2.21. The predicted molar refractivity (Wildman–Crippen MR) is 127 cm³/mol. The molecule has 9 heteroatoms. The Morgan fingerprint density at radius 3 is 2.68 bits per heavy atom. The minimum Gasteiger partial charge on any atom is -0.489 e. The number of furan rings is 1. The van der Waals surface area contributed by atoms with Crippen LogP contribution in [0.3, 0.4) is 0 Å². The number of methoxy groups -OCH3 is 1. The smallest absolute Gasteiger partial charge is 0.256 e. The van der Waals surface area contributed by atoms with E-state index in [0.29, 0.717) is 40.4 Å². The first-order valence-electron chi connectivity index (χ1n) is 11.0. The van der Waals surface area contributed by atoms with E-state index in [1.165, 1.54) is 18.2 Å². The van der Waals surface area contributed by atoms with E-state index in [1.54, 1.807) is 24.1 Å². The summed E-state index contributed by atoms with van der Waals surface area (Å²) in [6.07, 6.45) is 1.62. The molecule has 0 aliphatic heterocycles. The number of aromatic nitrogens is 3. The maximum Gasteiger partial charge on any atom is 0.256 e. The van der Waals surface area contributed by atoms with Gasteiger partial charge in [0, 0.05) is 24.8 Å². The Bertz CT molecular complexity index is 1340. The highest BCUT2D eigenvalue weighted by Crippen LogP contribution is 2.31. The number of hydrogen-bond acceptors (Lipinski definition) is 6. The van der Waals surface area contributed by atoms with Gasteiger partial charge in [0.25, 0.3) is 5.91 Å². The number of amides is 1. The number of carbonyl (C=O) groups excluding carboxylic acids is 1. The van der Waals surface area contributed by atoms with Crippen LogP contribution in [0.5, 0.6) is 5.75 Å². The largest absolute Gasteiger partial charge is 0.489 e. The molecule has 4 rings (SSSR count). The minimum atomic E-state index is -0.493. The number of nitrogens with zero attached hydrogens (tertiary/aromatic N) is 3. The van der Waals surface area contributed by atoms with Crippen molar-refractivity contribution >= 4 is 22.6 Å². The Labute approximate surface area is 196 Å². The monoisotopic (exact) mass is 466 g/mol. The van der Waals surface area contributed by atoms with Crippen molar-refractivity contribution < 1.29 is 23.1 Å². The van der Waals surface area contributed by atoms with Gasteiger partial charge in [-0.2, -0.15) is 5.10 Å². The fourth-order valence-electron chi connectivity index (χ4n) is 3.76. The highest BCUT2D eigenvalue weighted by atomic mass is 19.1. The Balaban J connectivity index is 1.79. The molecular weight excluding hydrogens is 439 g/mol. The van der Waals surface area contributed by atoms with Crippen LogP contribution >= 0.6 is 0 Å². The number of anilines is 1. The molecule has 3 heterocycles. The van der Waals surface area contributed by atoms with Crippen LogP contribution in [0.25, 0.3) is 22.3 Å². The molecule has 1 amide bonds. The first-order valence-corrected chi connectivity index (χ1v) is 11.0. The van der Waals surface area contributed by atoms with Gasteiger partial charge in [0.1, 0.15) is 29.7 Å². The quantitative estimate of drug-likeness (QED) is 0.354. The zero-order valence-corrected chi connectivity index (χ0v) is 19.8. The first-order chi connectivity index (χ1) is 16.3. The number of nitrogens with one attached hydrogen (secondary N) is 1. The number of rotatable bonds is 8. The number of carbonyl (C=O) groups is 1. The van der Waals surface area contributed by atoms with E-state index in [2.05, 4.69) is 10.4 Å². The maximum atomic E-state index is 14.0. The van der Waals surface area contributed by atoms with Crippen molar-refractivity contribution in [1.29, 1.82) is 0 Å². The third-order valence-electron chi connectivity index (χ3n) is 5.35. The van der Waals surface area contributed by atoms with Crippen molar-refractivity contribution in [3.8, 4) is 17.0 Å². The topological polar surface area (TPSA) is 91.4 Å². The van der Waals surface area contributed by atoms with Gasteiger partial charge in [-0.1, -0.05) is 0 Å². The first kappa shape index (κ1) is 23.4. The Kier molecular flexibility index (Phi) is 6.65. The van der Waals surface area contributed by atoms with E-state index >= 15 is 0 Å². The molecule has 1 aromatic carbocycles. The molecule has 4 aromatic rings. The van der Waals surface area contributed by atoms with Crippen molar-refractivity contribution in [1.82, 2.24) is 14.8 Å². The van der Waals surface area contributed by atoms with Gasteiger partial charge in [0.15, 0.2) is 5.65 Å². The number of fused-ring (bicyclic) bond motifs is 1. The SMILES string of the molecule is COCCOc1ccc(F)cc1NC(=O)c1cc(-c2cc(C)oc2C)nc2c1cnn2C(C)C. The van der Waals surface area contributed by atoms with Crippen LogP contribution in [0.15, 0.2) is 40.9 Å². The molecule has 0 saturated carbocycles. The van der Waals surface area contributed by atoms with Crippen LogP contribution in [-0.2, 0) is 4.74 Å². The van der Waals surface area contributed by atoms with Crippen LogP contribution in [0.4, 0.5) is 10.1 Å². The molecule has 0 aliphatic carbocycles. The second kappa shape index (κ2) is 9.64. The molecule has 0 saturated heterocycles. The summed E-state index contributed by atoms with van der Waals surface area (Å²) in [5.41, 5.74) is 2.53. The molecule has 0 fully saturated rings. The molecule has 0 radical (unpaired) electrons. The summed E-state index contributed by atoms with van der Waals surface area (Å²) in [7, 11) is 1.56. The molecule has 0 atom stereocenters. The second-order valence-corrected chi connectivity index (χ2v) is 8.24. The van der Waals surface area contributed by atoms with E-state index in [4.69, 9.17) is 18.9 Å². The van der Waals surface area contributed by atoms with Gasteiger partial charge in [-0.15, -0.1) is 0 Å². The number of pyridine rings is 1. The number of benzene rings is 1. The van der Waals surface area contributed by atoms with E-state index in [-0.39, 0.29) is 18.3 Å². The number of hydrogen-bond donors (Lipinski definition) is 1. The minimum absolute atomic E-state index is 0.0346. The Morgan fingerprint density at radius 2 is 2.00 bits per heavy atom. The zero-order chi connectivity index (χ0) is 24.4. The molecule has 178 valence electrons. The second-order valence-electron chi connectivity index (χ2n) is 8.24. The molecule has 0 bridgehead atoms. The summed E-state index contributed by atoms with van der Waals surface area (Å²) in [5.74, 6) is 0.862. The molecule has 0 aliphatic rings. The lowest BCUT2D eigenvalue weighted by atomic mass is 10.1. The van der Waals surface area contributed by atoms with Crippen LogP contribution < -0.4 is 10.1 Å². The number of ether oxygens (including phenoxy) is 2. The third kappa shape index (κ3) is 4.65. The van der Waals surface area contributed by atoms with Crippen LogP contribution in [-0.4, -0.2) is 41.0 Å². The van der Waals surface area contributed by atoms with Crippen molar-refractivity contribution in [3.63, 3.8) is 0 Å². The maximum absolute atomic E-state index is 14.0. The van der Waals surface area contributed by atoms with Gasteiger partial charge >= 0.3 is 0 Å². The van der Waals surface area contributed by atoms with Crippen molar-refractivity contribution in [2.75, 3.05) is 25.6 Å². The van der Waals surface area contributed by atoms with Gasteiger partial charge in [0.2, 0.25) is 0 Å². The van der Waals surface area contributed by atoms with Crippen LogP contribution in [0.1, 0.15) is 41.8 Å². The summed E-state index contributed by atoms with van der Waals surface area (Å²) >= 11 is 0. The summed E-state index contributed by atoms with van der Waals surface area (Å²) in [4.78, 5) is 18.3. The number of aryl methyl sites for hydroxylation is 2. The molecule has 0 unspecified atom stereocenters. The van der Waals surface area contributed by atoms with Gasteiger partial charge in [-0.05, 0) is 52.0 Å². The lowest BCUT2D eigenvalue weighted by Crippen LogP contribution is -2.15. The van der Waals surface area contributed by atoms with Crippen molar-refractivity contribution in [2.24, 2.45) is 0 Å². The normalized spacial score (nSPS) is 11.4. The lowest BCUT2D eigenvalue weighted by molar-refractivity contribution is 0.102. The number of halogens is 1. The molecular formula is C25H27FN4O4. The van der Waals surface area contributed by atoms with E-state index < -0.39 is 11.7 Å². The molecule has 1 N–H and O–H groups in total. The predicted octanol–water partition coefficient (Wildman–Crippen LogP) is 5.31. The Morgan fingerprint density at radius 1 is 1.21 bits per heavy atom. The van der Waals surface area contributed by atoms with E-state index in [1.807, 2.05) is 33.8 Å². The summed E-state index contributed by atoms with van der Waals surface area (Å²) in [5, 5.41) is 7.82. The van der Waals surface area contributed by atoms with Crippen LogP contribution in [0, 0.1) is 19.7 Å². The average Bonchev–Trinajstić information content (AvgIpc) is 3.37. The molecule has 0 spiro atoms.